The van der Waals surface area contributed by atoms with Crippen molar-refractivity contribution in [1.29, 1.82) is 0 Å². The molecule has 0 saturated carbocycles. The summed E-state index contributed by atoms with van der Waals surface area (Å²) in [5, 5.41) is 0. The number of ether oxygens (including phenoxy) is 1. The molecule has 3 aromatic rings. The summed E-state index contributed by atoms with van der Waals surface area (Å²) >= 11 is 0. The molecule has 5 rings (SSSR count). The van der Waals surface area contributed by atoms with Crippen LogP contribution >= 0.6 is 0 Å². The quantitative estimate of drug-likeness (QED) is 0.544. The van der Waals surface area contributed by atoms with Crippen molar-refractivity contribution in [3.8, 4) is 5.75 Å². The molecule has 0 spiro atoms. The summed E-state index contributed by atoms with van der Waals surface area (Å²) in [4.78, 5) is 33.4. The van der Waals surface area contributed by atoms with Gasteiger partial charge in [-0.1, -0.05) is 54.6 Å². The highest BCUT2D eigenvalue weighted by Crippen LogP contribution is 2.39. The number of hydrogen-bond acceptors (Lipinski definition) is 5. The van der Waals surface area contributed by atoms with Crippen LogP contribution in [-0.2, 0) is 9.59 Å². The first kappa shape index (κ1) is 21.8. The Morgan fingerprint density at radius 1 is 0.706 bits per heavy atom. The van der Waals surface area contributed by atoms with Crippen LogP contribution in [0.3, 0.4) is 0 Å². The van der Waals surface area contributed by atoms with Crippen molar-refractivity contribution in [2.24, 2.45) is 0 Å². The Balaban J connectivity index is 1.55. The van der Waals surface area contributed by atoms with E-state index in [1.165, 1.54) is 4.90 Å². The van der Waals surface area contributed by atoms with Crippen molar-refractivity contribution >= 4 is 28.8 Å². The molecule has 2 heterocycles. The maximum absolute atomic E-state index is 13.9. The van der Waals surface area contributed by atoms with Crippen molar-refractivity contribution < 1.29 is 14.3 Å². The number of aryl methyl sites for hydroxylation is 1. The molecule has 0 atom stereocenters. The molecule has 0 aliphatic carbocycles. The van der Waals surface area contributed by atoms with Crippen LogP contribution in [0.15, 0.2) is 84.6 Å². The Morgan fingerprint density at radius 3 is 2.03 bits per heavy atom. The van der Waals surface area contributed by atoms with Gasteiger partial charge in [0.2, 0.25) is 0 Å². The minimum atomic E-state index is -0.315. The first-order chi connectivity index (χ1) is 16.6. The van der Waals surface area contributed by atoms with Crippen molar-refractivity contribution in [1.82, 2.24) is 4.90 Å². The van der Waals surface area contributed by atoms with Crippen molar-refractivity contribution in [3.05, 3.63) is 95.7 Å². The number of benzene rings is 3. The number of para-hydroxylation sites is 3. The highest BCUT2D eigenvalue weighted by atomic mass is 16.5. The summed E-state index contributed by atoms with van der Waals surface area (Å²) in [5.74, 6) is -0.0247. The molecule has 1 saturated heterocycles. The Morgan fingerprint density at radius 2 is 1.32 bits per heavy atom. The topological polar surface area (TPSA) is 53.1 Å². The van der Waals surface area contributed by atoms with Crippen LogP contribution in [0.2, 0.25) is 0 Å². The van der Waals surface area contributed by atoms with Gasteiger partial charge in [-0.3, -0.25) is 9.59 Å². The van der Waals surface area contributed by atoms with E-state index in [0.29, 0.717) is 41.4 Å². The fraction of sp³-hybridized carbons (Fsp3) is 0.214. The van der Waals surface area contributed by atoms with Gasteiger partial charge < -0.3 is 14.5 Å². The lowest BCUT2D eigenvalue weighted by molar-refractivity contribution is -0.120. The number of carbonyl (C=O) groups is 2. The molecule has 3 aromatic carbocycles. The van der Waals surface area contributed by atoms with Crippen molar-refractivity contribution in [3.63, 3.8) is 0 Å². The van der Waals surface area contributed by atoms with Crippen LogP contribution < -0.4 is 14.5 Å². The molecule has 6 heteroatoms. The summed E-state index contributed by atoms with van der Waals surface area (Å²) in [6.45, 7) is 4.72. The average Bonchev–Trinajstić information content (AvgIpc) is 3.14. The largest absolute Gasteiger partial charge is 0.496 e. The van der Waals surface area contributed by atoms with Gasteiger partial charge in [-0.05, 0) is 36.8 Å². The Kier molecular flexibility index (Phi) is 5.80. The van der Waals surface area contributed by atoms with Gasteiger partial charge in [-0.15, -0.1) is 0 Å². The van der Waals surface area contributed by atoms with E-state index >= 15 is 0 Å². The van der Waals surface area contributed by atoms with E-state index in [2.05, 4.69) is 21.9 Å². The maximum atomic E-state index is 13.9. The van der Waals surface area contributed by atoms with Gasteiger partial charge >= 0.3 is 0 Å². The second kappa shape index (κ2) is 9.06. The average molecular weight is 454 g/mol. The van der Waals surface area contributed by atoms with Gasteiger partial charge in [0.05, 0.1) is 18.4 Å². The smallest absolute Gasteiger partial charge is 0.282 e. The van der Waals surface area contributed by atoms with Crippen LogP contribution in [0, 0.1) is 6.92 Å². The molecule has 6 nitrogen and oxygen atoms in total. The number of rotatable bonds is 5. The predicted molar refractivity (Wildman–Crippen MR) is 134 cm³/mol. The molecular weight excluding hydrogens is 426 g/mol. The van der Waals surface area contributed by atoms with Crippen LogP contribution in [0.5, 0.6) is 5.75 Å². The number of anilines is 2. The molecule has 2 amide bonds. The van der Waals surface area contributed by atoms with Crippen LogP contribution in [-0.4, -0.2) is 50.0 Å². The monoisotopic (exact) mass is 453 g/mol. The molecule has 2 aliphatic heterocycles. The molecule has 0 N–H and O–H groups in total. The number of methoxy groups -OCH3 is 1. The third-order valence-electron chi connectivity index (χ3n) is 6.51. The summed E-state index contributed by atoms with van der Waals surface area (Å²) in [7, 11) is 1.58. The number of amides is 2. The molecule has 0 aromatic heterocycles. The minimum absolute atomic E-state index is 0.284. The van der Waals surface area contributed by atoms with Crippen molar-refractivity contribution in [2.75, 3.05) is 43.1 Å². The van der Waals surface area contributed by atoms with Gasteiger partial charge in [-0.25, -0.2) is 4.90 Å². The number of carbonyl (C=O) groups excluding carboxylic acids is 2. The third kappa shape index (κ3) is 3.71. The Labute approximate surface area is 199 Å². The normalized spacial score (nSPS) is 16.5. The van der Waals surface area contributed by atoms with E-state index < -0.39 is 0 Å². The van der Waals surface area contributed by atoms with E-state index in [0.717, 1.165) is 24.3 Å². The summed E-state index contributed by atoms with van der Waals surface area (Å²) < 4.78 is 5.57. The maximum Gasteiger partial charge on any atom is 0.282 e. The van der Waals surface area contributed by atoms with Gasteiger partial charge in [0.15, 0.2) is 0 Å². The lowest BCUT2D eigenvalue weighted by Crippen LogP contribution is -2.47. The predicted octanol–water partition coefficient (Wildman–Crippen LogP) is 4.11. The Bertz CT molecular complexity index is 1260. The van der Waals surface area contributed by atoms with E-state index in [4.69, 9.17) is 4.74 Å². The zero-order chi connectivity index (χ0) is 23.7. The van der Waals surface area contributed by atoms with E-state index in [1.807, 2.05) is 73.7 Å². The fourth-order valence-corrected chi connectivity index (χ4v) is 4.77. The zero-order valence-electron chi connectivity index (χ0n) is 19.4. The number of imide groups is 1. The number of hydrogen-bond donors (Lipinski definition) is 0. The van der Waals surface area contributed by atoms with Crippen LogP contribution in [0.25, 0.3) is 5.57 Å². The van der Waals surface area contributed by atoms with Gasteiger partial charge in [0, 0.05) is 37.4 Å². The van der Waals surface area contributed by atoms with Crippen molar-refractivity contribution in [2.45, 2.75) is 6.92 Å². The molecule has 34 heavy (non-hydrogen) atoms. The highest BCUT2D eigenvalue weighted by Gasteiger charge is 2.44. The summed E-state index contributed by atoms with van der Waals surface area (Å²) in [6.07, 6.45) is 0. The summed E-state index contributed by atoms with van der Waals surface area (Å²) in [5.41, 5.74) is 4.14. The number of piperazine rings is 1. The second-order valence-electron chi connectivity index (χ2n) is 8.47. The zero-order valence-corrected chi connectivity index (χ0v) is 19.4. The molecule has 0 unspecified atom stereocenters. The first-order valence-corrected chi connectivity index (χ1v) is 11.5. The Hall–Kier alpha value is -4.06. The van der Waals surface area contributed by atoms with Crippen LogP contribution in [0.1, 0.15) is 11.1 Å². The third-order valence-corrected chi connectivity index (χ3v) is 6.51. The van der Waals surface area contributed by atoms with Crippen LogP contribution in [0.4, 0.5) is 11.4 Å². The summed E-state index contributed by atoms with van der Waals surface area (Å²) in [6, 6.07) is 25.1. The fourth-order valence-electron chi connectivity index (χ4n) is 4.77. The van der Waals surface area contributed by atoms with E-state index in [1.54, 1.807) is 7.11 Å². The first-order valence-electron chi connectivity index (χ1n) is 11.5. The lowest BCUT2D eigenvalue weighted by atomic mass is 10.0. The molecule has 172 valence electrons. The SMILES string of the molecule is COc1ccccc1C1=C(N2CCN(c3ccccc3)CC2)C(=O)N(c2ccccc2C)C1=O. The standard InChI is InChI=1S/C28H27N3O3/c1-20-10-6-8-14-23(20)31-27(32)25(22-13-7-9-15-24(22)34-2)26(28(31)33)30-18-16-29(17-19-30)21-11-4-3-5-12-21/h3-15H,16-19H2,1-2H3. The van der Waals surface area contributed by atoms with Gasteiger partial charge in [0.25, 0.3) is 11.8 Å². The van der Waals surface area contributed by atoms with Gasteiger partial charge in [-0.2, -0.15) is 0 Å². The molecule has 0 radical (unpaired) electrons. The minimum Gasteiger partial charge on any atom is -0.496 e. The van der Waals surface area contributed by atoms with E-state index in [-0.39, 0.29) is 11.8 Å². The molecular formula is C28H27N3O3. The number of nitrogens with zero attached hydrogens (tertiary/aromatic N) is 3. The molecule has 1 fully saturated rings. The van der Waals surface area contributed by atoms with Gasteiger partial charge in [0.1, 0.15) is 11.4 Å². The molecule has 0 bridgehead atoms. The second-order valence-corrected chi connectivity index (χ2v) is 8.47. The van der Waals surface area contributed by atoms with E-state index in [9.17, 15) is 9.59 Å². The lowest BCUT2D eigenvalue weighted by Gasteiger charge is -2.37. The highest BCUT2D eigenvalue weighted by molar-refractivity contribution is 6.45. The molecule has 2 aliphatic rings.